The van der Waals surface area contributed by atoms with Crippen LogP contribution in [0.25, 0.3) is 0 Å². The standard InChI is InChI=1S/C15H21NO3/c1-11-3-4-12(2)13(7-11)8-14(17)16-9-15(18)5-6-19-10-15/h3-4,7,18H,5-6,8-10H2,1-2H3,(H,16,17). The molecule has 0 aromatic heterocycles. The van der Waals surface area contributed by atoms with Crippen molar-refractivity contribution in [3.63, 3.8) is 0 Å². The maximum absolute atomic E-state index is 11.9. The van der Waals surface area contributed by atoms with E-state index in [1.54, 1.807) is 0 Å². The molecule has 2 rings (SSSR count). The van der Waals surface area contributed by atoms with Gasteiger partial charge in [-0.3, -0.25) is 4.79 Å². The van der Waals surface area contributed by atoms with Gasteiger partial charge >= 0.3 is 0 Å². The van der Waals surface area contributed by atoms with Gasteiger partial charge in [0.1, 0.15) is 5.60 Å². The molecule has 104 valence electrons. The van der Waals surface area contributed by atoms with Gasteiger partial charge in [-0.1, -0.05) is 23.8 Å². The maximum Gasteiger partial charge on any atom is 0.224 e. The van der Waals surface area contributed by atoms with Crippen LogP contribution in [0.15, 0.2) is 18.2 Å². The minimum Gasteiger partial charge on any atom is -0.386 e. The highest BCUT2D eigenvalue weighted by Crippen LogP contribution is 2.17. The van der Waals surface area contributed by atoms with Crippen molar-refractivity contribution in [1.82, 2.24) is 5.32 Å². The molecule has 1 aliphatic heterocycles. The molecule has 0 saturated carbocycles. The van der Waals surface area contributed by atoms with Gasteiger partial charge in [-0.05, 0) is 25.0 Å². The molecule has 2 N–H and O–H groups in total. The lowest BCUT2D eigenvalue weighted by molar-refractivity contribution is -0.121. The van der Waals surface area contributed by atoms with E-state index in [0.717, 1.165) is 16.7 Å². The molecule has 4 nitrogen and oxygen atoms in total. The highest BCUT2D eigenvalue weighted by atomic mass is 16.5. The quantitative estimate of drug-likeness (QED) is 0.855. The Hall–Kier alpha value is -1.39. The van der Waals surface area contributed by atoms with Crippen molar-refractivity contribution < 1.29 is 14.6 Å². The van der Waals surface area contributed by atoms with Crippen LogP contribution in [0.3, 0.4) is 0 Å². The molecule has 1 unspecified atom stereocenters. The monoisotopic (exact) mass is 263 g/mol. The Morgan fingerprint density at radius 1 is 1.47 bits per heavy atom. The van der Waals surface area contributed by atoms with Gasteiger partial charge in [0.05, 0.1) is 13.0 Å². The summed E-state index contributed by atoms with van der Waals surface area (Å²) in [5.74, 6) is -0.0611. The predicted octanol–water partition coefficient (Wildman–Crippen LogP) is 1.11. The number of carbonyl (C=O) groups excluding carboxylic acids is 1. The number of rotatable bonds is 4. The van der Waals surface area contributed by atoms with E-state index in [4.69, 9.17) is 4.74 Å². The molecule has 0 aliphatic carbocycles. The van der Waals surface area contributed by atoms with Crippen LogP contribution in [0.4, 0.5) is 0 Å². The molecule has 1 fully saturated rings. The zero-order chi connectivity index (χ0) is 13.9. The summed E-state index contributed by atoms with van der Waals surface area (Å²) in [6.07, 6.45) is 0.932. The van der Waals surface area contributed by atoms with E-state index in [0.29, 0.717) is 26.1 Å². The van der Waals surface area contributed by atoms with Crippen molar-refractivity contribution in [2.24, 2.45) is 0 Å². The van der Waals surface area contributed by atoms with Crippen molar-refractivity contribution in [3.8, 4) is 0 Å². The number of amides is 1. The Balaban J connectivity index is 1.89. The van der Waals surface area contributed by atoms with Crippen LogP contribution in [0.5, 0.6) is 0 Å². The molecular weight excluding hydrogens is 242 g/mol. The summed E-state index contributed by atoms with van der Waals surface area (Å²) in [7, 11) is 0. The van der Waals surface area contributed by atoms with E-state index >= 15 is 0 Å². The van der Waals surface area contributed by atoms with E-state index in [-0.39, 0.29) is 12.5 Å². The minimum absolute atomic E-state index is 0.0611. The fraction of sp³-hybridized carbons (Fsp3) is 0.533. The molecule has 1 amide bonds. The number of aliphatic hydroxyl groups is 1. The van der Waals surface area contributed by atoms with E-state index in [9.17, 15) is 9.90 Å². The molecule has 1 aromatic carbocycles. The van der Waals surface area contributed by atoms with Crippen LogP contribution in [0, 0.1) is 13.8 Å². The van der Waals surface area contributed by atoms with Gasteiger partial charge in [-0.2, -0.15) is 0 Å². The SMILES string of the molecule is Cc1ccc(C)c(CC(=O)NCC2(O)CCOC2)c1. The van der Waals surface area contributed by atoms with Gasteiger partial charge in [0.25, 0.3) is 0 Å². The Bertz CT molecular complexity index is 464. The lowest BCUT2D eigenvalue weighted by atomic mass is 10.0. The number of nitrogens with one attached hydrogen (secondary N) is 1. The van der Waals surface area contributed by atoms with E-state index < -0.39 is 5.60 Å². The summed E-state index contributed by atoms with van der Waals surface area (Å²) in [6.45, 7) is 5.14. The molecule has 0 spiro atoms. The third-order valence-corrected chi connectivity index (χ3v) is 3.55. The molecule has 4 heteroatoms. The van der Waals surface area contributed by atoms with Crippen LogP contribution >= 0.6 is 0 Å². The number of ether oxygens (including phenoxy) is 1. The number of hydrogen-bond donors (Lipinski definition) is 2. The normalized spacial score (nSPS) is 22.5. The molecule has 19 heavy (non-hydrogen) atoms. The summed E-state index contributed by atoms with van der Waals surface area (Å²) < 4.78 is 5.14. The first kappa shape index (κ1) is 14.0. The maximum atomic E-state index is 11.9. The first-order chi connectivity index (χ1) is 8.98. The summed E-state index contributed by atoms with van der Waals surface area (Å²) in [4.78, 5) is 11.9. The van der Waals surface area contributed by atoms with Gasteiger partial charge < -0.3 is 15.2 Å². The Labute approximate surface area is 113 Å². The van der Waals surface area contributed by atoms with Crippen molar-refractivity contribution in [2.45, 2.75) is 32.3 Å². The molecular formula is C15H21NO3. The second kappa shape index (κ2) is 5.72. The third-order valence-electron chi connectivity index (χ3n) is 3.55. The molecule has 1 saturated heterocycles. The van der Waals surface area contributed by atoms with Crippen LogP contribution < -0.4 is 5.32 Å². The van der Waals surface area contributed by atoms with Crippen molar-refractivity contribution in [2.75, 3.05) is 19.8 Å². The zero-order valence-corrected chi connectivity index (χ0v) is 11.5. The van der Waals surface area contributed by atoms with Crippen molar-refractivity contribution in [3.05, 3.63) is 34.9 Å². The summed E-state index contributed by atoms with van der Waals surface area (Å²) in [5, 5.41) is 12.9. The Morgan fingerprint density at radius 3 is 2.95 bits per heavy atom. The first-order valence-electron chi connectivity index (χ1n) is 6.61. The minimum atomic E-state index is -0.892. The smallest absolute Gasteiger partial charge is 0.224 e. The van der Waals surface area contributed by atoms with E-state index in [1.165, 1.54) is 0 Å². The number of benzene rings is 1. The second-order valence-corrected chi connectivity index (χ2v) is 5.41. The Kier molecular flexibility index (Phi) is 4.22. The van der Waals surface area contributed by atoms with Gasteiger partial charge in [0.15, 0.2) is 0 Å². The highest BCUT2D eigenvalue weighted by molar-refractivity contribution is 5.79. The van der Waals surface area contributed by atoms with Gasteiger partial charge in [0.2, 0.25) is 5.91 Å². The summed E-state index contributed by atoms with van der Waals surface area (Å²) >= 11 is 0. The molecule has 1 aromatic rings. The average Bonchev–Trinajstić information content (AvgIpc) is 2.79. The van der Waals surface area contributed by atoms with E-state index in [1.807, 2.05) is 32.0 Å². The van der Waals surface area contributed by atoms with Crippen molar-refractivity contribution in [1.29, 1.82) is 0 Å². The second-order valence-electron chi connectivity index (χ2n) is 5.41. The largest absolute Gasteiger partial charge is 0.386 e. The fourth-order valence-electron chi connectivity index (χ4n) is 2.23. The highest BCUT2D eigenvalue weighted by Gasteiger charge is 2.32. The lowest BCUT2D eigenvalue weighted by Gasteiger charge is -2.20. The lowest BCUT2D eigenvalue weighted by Crippen LogP contribution is -2.43. The summed E-state index contributed by atoms with van der Waals surface area (Å²) in [6, 6.07) is 6.09. The van der Waals surface area contributed by atoms with Gasteiger partial charge in [-0.15, -0.1) is 0 Å². The van der Waals surface area contributed by atoms with Gasteiger partial charge in [0, 0.05) is 19.6 Å². The number of aryl methyl sites for hydroxylation is 2. The fourth-order valence-corrected chi connectivity index (χ4v) is 2.23. The van der Waals surface area contributed by atoms with Gasteiger partial charge in [-0.25, -0.2) is 0 Å². The average molecular weight is 263 g/mol. The molecule has 1 heterocycles. The molecule has 1 aliphatic rings. The van der Waals surface area contributed by atoms with Crippen LogP contribution in [-0.4, -0.2) is 36.4 Å². The van der Waals surface area contributed by atoms with Crippen LogP contribution in [0.1, 0.15) is 23.1 Å². The molecule has 1 atom stereocenters. The number of hydrogen-bond acceptors (Lipinski definition) is 3. The van der Waals surface area contributed by atoms with Crippen LogP contribution in [-0.2, 0) is 16.0 Å². The summed E-state index contributed by atoms with van der Waals surface area (Å²) in [5.41, 5.74) is 2.41. The molecule has 0 radical (unpaired) electrons. The Morgan fingerprint density at radius 2 is 2.26 bits per heavy atom. The predicted molar refractivity (Wildman–Crippen MR) is 73.0 cm³/mol. The van der Waals surface area contributed by atoms with Crippen LogP contribution in [0.2, 0.25) is 0 Å². The topological polar surface area (TPSA) is 58.6 Å². The zero-order valence-electron chi connectivity index (χ0n) is 11.5. The van der Waals surface area contributed by atoms with E-state index in [2.05, 4.69) is 5.32 Å². The number of carbonyl (C=O) groups is 1. The molecule has 0 bridgehead atoms. The van der Waals surface area contributed by atoms with Crippen molar-refractivity contribution >= 4 is 5.91 Å². The third kappa shape index (κ3) is 3.78. The first-order valence-corrected chi connectivity index (χ1v) is 6.61.